The molecule has 0 N–H and O–H groups in total. The molecular formula is C16H14N2O2. The first-order chi connectivity index (χ1) is 9.65. The molecule has 4 nitrogen and oxygen atoms in total. The van der Waals surface area contributed by atoms with Gasteiger partial charge in [0.15, 0.2) is 0 Å². The third-order valence-corrected chi connectivity index (χ3v) is 3.53. The number of non-ortho nitro benzene ring substituents is 1. The van der Waals surface area contributed by atoms with Gasteiger partial charge in [-0.1, -0.05) is 24.3 Å². The number of hydrogen-bond acceptors (Lipinski definition) is 2. The Hall–Kier alpha value is -2.62. The van der Waals surface area contributed by atoms with E-state index in [1.807, 2.05) is 6.07 Å². The Balaban J connectivity index is 1.93. The van der Waals surface area contributed by atoms with E-state index >= 15 is 0 Å². The molecule has 0 aliphatic rings. The molecule has 1 heterocycles. The fourth-order valence-corrected chi connectivity index (χ4v) is 2.43. The van der Waals surface area contributed by atoms with Gasteiger partial charge in [0.1, 0.15) is 0 Å². The number of hydrogen-bond donors (Lipinski definition) is 0. The highest BCUT2D eigenvalue weighted by atomic mass is 16.6. The van der Waals surface area contributed by atoms with Crippen molar-refractivity contribution in [2.45, 2.75) is 13.5 Å². The van der Waals surface area contributed by atoms with E-state index in [1.165, 1.54) is 16.5 Å². The molecule has 0 aliphatic heterocycles. The summed E-state index contributed by atoms with van der Waals surface area (Å²) in [5, 5.41) is 11.9. The van der Waals surface area contributed by atoms with Crippen molar-refractivity contribution in [3.63, 3.8) is 0 Å². The average Bonchev–Trinajstić information content (AvgIpc) is 2.84. The molecule has 0 bridgehead atoms. The lowest BCUT2D eigenvalue weighted by Crippen LogP contribution is -1.98. The van der Waals surface area contributed by atoms with Crippen molar-refractivity contribution in [2.75, 3.05) is 0 Å². The fourth-order valence-electron chi connectivity index (χ4n) is 2.43. The van der Waals surface area contributed by atoms with Gasteiger partial charge in [0, 0.05) is 35.8 Å². The van der Waals surface area contributed by atoms with Crippen molar-refractivity contribution >= 4 is 16.6 Å². The highest BCUT2D eigenvalue weighted by Gasteiger charge is 2.06. The smallest absolute Gasteiger partial charge is 0.269 e. The summed E-state index contributed by atoms with van der Waals surface area (Å²) in [6.07, 6.45) is 2.05. The molecule has 4 heteroatoms. The van der Waals surface area contributed by atoms with Crippen LogP contribution in [0.5, 0.6) is 0 Å². The molecule has 100 valence electrons. The predicted molar refractivity (Wildman–Crippen MR) is 78.9 cm³/mol. The summed E-state index contributed by atoms with van der Waals surface area (Å²) in [5.41, 5.74) is 3.62. The Labute approximate surface area is 116 Å². The Kier molecular flexibility index (Phi) is 2.99. The quantitative estimate of drug-likeness (QED) is 0.533. The summed E-state index contributed by atoms with van der Waals surface area (Å²) < 4.78 is 2.16. The van der Waals surface area contributed by atoms with Crippen LogP contribution in [0.25, 0.3) is 10.9 Å². The van der Waals surface area contributed by atoms with Crippen LogP contribution in [-0.2, 0) is 6.54 Å². The van der Waals surface area contributed by atoms with E-state index in [0.29, 0.717) is 6.54 Å². The largest absolute Gasteiger partial charge is 0.343 e. The van der Waals surface area contributed by atoms with Crippen LogP contribution in [0.15, 0.2) is 54.7 Å². The molecule has 0 fully saturated rings. The van der Waals surface area contributed by atoms with E-state index in [1.54, 1.807) is 24.3 Å². The molecule has 0 radical (unpaired) electrons. The summed E-state index contributed by atoms with van der Waals surface area (Å²) >= 11 is 0. The van der Waals surface area contributed by atoms with Crippen LogP contribution in [0.2, 0.25) is 0 Å². The summed E-state index contributed by atoms with van der Waals surface area (Å²) in [7, 11) is 0. The molecule has 3 rings (SSSR count). The zero-order chi connectivity index (χ0) is 14.1. The molecule has 1 aromatic heterocycles. The molecule has 0 unspecified atom stereocenters. The molecule has 0 saturated carbocycles. The van der Waals surface area contributed by atoms with E-state index in [2.05, 4.69) is 35.9 Å². The minimum atomic E-state index is -0.377. The van der Waals surface area contributed by atoms with Gasteiger partial charge in [-0.05, 0) is 30.2 Å². The normalized spacial score (nSPS) is 10.8. The zero-order valence-corrected chi connectivity index (χ0v) is 11.1. The predicted octanol–water partition coefficient (Wildman–Crippen LogP) is 3.91. The van der Waals surface area contributed by atoms with Crippen molar-refractivity contribution in [1.29, 1.82) is 0 Å². The second kappa shape index (κ2) is 4.81. The number of aryl methyl sites for hydroxylation is 1. The highest BCUT2D eigenvalue weighted by Crippen LogP contribution is 2.21. The van der Waals surface area contributed by atoms with Gasteiger partial charge >= 0.3 is 0 Å². The number of nitro groups is 1. The monoisotopic (exact) mass is 266 g/mol. The number of nitrogens with zero attached hydrogens (tertiary/aromatic N) is 2. The van der Waals surface area contributed by atoms with Crippen LogP contribution < -0.4 is 0 Å². The van der Waals surface area contributed by atoms with Crippen molar-refractivity contribution < 1.29 is 4.92 Å². The number of fused-ring (bicyclic) bond motifs is 1. The fraction of sp³-hybridized carbons (Fsp3) is 0.125. The number of aromatic nitrogens is 1. The van der Waals surface area contributed by atoms with Crippen LogP contribution >= 0.6 is 0 Å². The van der Waals surface area contributed by atoms with Crippen LogP contribution in [0.1, 0.15) is 11.1 Å². The zero-order valence-electron chi connectivity index (χ0n) is 11.1. The summed E-state index contributed by atoms with van der Waals surface area (Å²) in [6.45, 7) is 2.81. The summed E-state index contributed by atoms with van der Waals surface area (Å²) in [5.74, 6) is 0. The molecule has 20 heavy (non-hydrogen) atoms. The number of benzene rings is 2. The third kappa shape index (κ3) is 2.16. The second-order valence-electron chi connectivity index (χ2n) is 4.87. The van der Waals surface area contributed by atoms with Gasteiger partial charge in [0.05, 0.1) is 4.92 Å². The van der Waals surface area contributed by atoms with E-state index in [0.717, 1.165) is 5.56 Å². The van der Waals surface area contributed by atoms with Crippen LogP contribution in [-0.4, -0.2) is 9.49 Å². The maximum Gasteiger partial charge on any atom is 0.269 e. The Morgan fingerprint density at radius 2 is 1.85 bits per heavy atom. The lowest BCUT2D eigenvalue weighted by atomic mass is 10.1. The van der Waals surface area contributed by atoms with Gasteiger partial charge in [0.25, 0.3) is 5.69 Å². The maximum absolute atomic E-state index is 10.6. The standard InChI is InChI=1S/C16H14N2O2/c1-12-3-2-4-16-15(12)9-10-17(16)11-13-5-7-14(8-6-13)18(19)20/h2-10H,11H2,1H3. The minimum absolute atomic E-state index is 0.127. The van der Waals surface area contributed by atoms with Gasteiger partial charge in [-0.2, -0.15) is 0 Å². The Bertz CT molecular complexity index is 773. The van der Waals surface area contributed by atoms with E-state index in [4.69, 9.17) is 0 Å². The molecule has 0 saturated heterocycles. The lowest BCUT2D eigenvalue weighted by Gasteiger charge is -2.06. The Morgan fingerprint density at radius 3 is 2.55 bits per heavy atom. The molecule has 0 amide bonds. The molecular weight excluding hydrogens is 252 g/mol. The third-order valence-electron chi connectivity index (χ3n) is 3.53. The molecule has 3 aromatic rings. The molecule has 0 aliphatic carbocycles. The van der Waals surface area contributed by atoms with Crippen molar-refractivity contribution in [3.8, 4) is 0 Å². The van der Waals surface area contributed by atoms with E-state index in [-0.39, 0.29) is 10.6 Å². The number of nitro benzene ring substituents is 1. The summed E-state index contributed by atoms with van der Waals surface area (Å²) in [6, 6.07) is 15.0. The molecule has 0 atom stereocenters. The van der Waals surface area contributed by atoms with Crippen molar-refractivity contribution in [3.05, 3.63) is 76.0 Å². The van der Waals surface area contributed by atoms with Crippen LogP contribution in [0, 0.1) is 17.0 Å². The SMILES string of the molecule is Cc1cccc2c1ccn2Cc1ccc([N+](=O)[O-])cc1. The van der Waals surface area contributed by atoms with Gasteiger partial charge in [-0.25, -0.2) is 0 Å². The summed E-state index contributed by atoms with van der Waals surface area (Å²) in [4.78, 5) is 10.3. The van der Waals surface area contributed by atoms with Crippen molar-refractivity contribution in [1.82, 2.24) is 4.57 Å². The second-order valence-corrected chi connectivity index (χ2v) is 4.87. The van der Waals surface area contributed by atoms with Crippen LogP contribution in [0.3, 0.4) is 0 Å². The van der Waals surface area contributed by atoms with Gasteiger partial charge in [0.2, 0.25) is 0 Å². The van der Waals surface area contributed by atoms with Gasteiger partial charge in [-0.15, -0.1) is 0 Å². The maximum atomic E-state index is 10.6. The van der Waals surface area contributed by atoms with Crippen LogP contribution in [0.4, 0.5) is 5.69 Å². The van der Waals surface area contributed by atoms with Gasteiger partial charge < -0.3 is 4.57 Å². The Morgan fingerprint density at radius 1 is 1.10 bits per heavy atom. The molecule has 0 spiro atoms. The topological polar surface area (TPSA) is 48.1 Å². The minimum Gasteiger partial charge on any atom is -0.343 e. The first-order valence-corrected chi connectivity index (χ1v) is 6.43. The van der Waals surface area contributed by atoms with Gasteiger partial charge in [-0.3, -0.25) is 10.1 Å². The highest BCUT2D eigenvalue weighted by molar-refractivity contribution is 5.83. The van der Waals surface area contributed by atoms with E-state index in [9.17, 15) is 10.1 Å². The first-order valence-electron chi connectivity index (χ1n) is 6.43. The van der Waals surface area contributed by atoms with E-state index < -0.39 is 0 Å². The number of rotatable bonds is 3. The first kappa shape index (κ1) is 12.4. The lowest BCUT2D eigenvalue weighted by molar-refractivity contribution is -0.384. The molecule has 2 aromatic carbocycles. The van der Waals surface area contributed by atoms with Crippen molar-refractivity contribution in [2.24, 2.45) is 0 Å². The average molecular weight is 266 g/mol.